The highest BCUT2D eigenvalue weighted by atomic mass is 127. The fourth-order valence-corrected chi connectivity index (χ4v) is 3.79. The van der Waals surface area contributed by atoms with Gasteiger partial charge in [0, 0.05) is 25.5 Å². The predicted octanol–water partition coefficient (Wildman–Crippen LogP) is 4.40. The number of ether oxygens (including phenoxy) is 2. The molecular weight excluding hydrogens is 537 g/mol. The number of aliphatic imine (C=N–C) groups is 1. The summed E-state index contributed by atoms with van der Waals surface area (Å²) in [5.74, 6) is 2.36. The van der Waals surface area contributed by atoms with Crippen LogP contribution >= 0.6 is 35.3 Å². The van der Waals surface area contributed by atoms with E-state index < -0.39 is 0 Å². The number of benzene rings is 1. The number of rotatable bonds is 12. The van der Waals surface area contributed by atoms with Crippen molar-refractivity contribution in [2.75, 3.05) is 46.9 Å². The number of aryl methyl sites for hydroxylation is 1. The van der Waals surface area contributed by atoms with Crippen molar-refractivity contribution in [1.29, 1.82) is 0 Å². The van der Waals surface area contributed by atoms with Crippen LogP contribution in [0.5, 0.6) is 11.5 Å². The van der Waals surface area contributed by atoms with Gasteiger partial charge in [-0.3, -0.25) is 0 Å². The van der Waals surface area contributed by atoms with Crippen LogP contribution in [0.2, 0.25) is 0 Å². The van der Waals surface area contributed by atoms with Gasteiger partial charge in [-0.05, 0) is 44.6 Å². The van der Waals surface area contributed by atoms with Crippen molar-refractivity contribution in [3.8, 4) is 11.5 Å². The first-order valence-electron chi connectivity index (χ1n) is 10.9. The normalized spacial score (nSPS) is 11.3. The summed E-state index contributed by atoms with van der Waals surface area (Å²) >= 11 is 1.67. The molecule has 1 N–H and O–H groups in total. The first kappa shape index (κ1) is 28.4. The van der Waals surface area contributed by atoms with E-state index >= 15 is 0 Å². The van der Waals surface area contributed by atoms with Gasteiger partial charge in [0.05, 0.1) is 30.9 Å². The highest BCUT2D eigenvalue weighted by Crippen LogP contribution is 2.28. The Labute approximate surface area is 214 Å². The fourth-order valence-electron chi connectivity index (χ4n) is 3.19. The van der Waals surface area contributed by atoms with E-state index in [1.807, 2.05) is 32.2 Å². The molecule has 0 amide bonds. The Morgan fingerprint density at radius 3 is 2.53 bits per heavy atom. The van der Waals surface area contributed by atoms with Crippen molar-refractivity contribution in [1.82, 2.24) is 20.1 Å². The molecule has 7 nitrogen and oxygen atoms in total. The van der Waals surface area contributed by atoms with Crippen LogP contribution in [0.1, 0.15) is 37.0 Å². The Balaban J connectivity index is 0.00000512. The second kappa shape index (κ2) is 15.3. The van der Waals surface area contributed by atoms with Gasteiger partial charge >= 0.3 is 0 Å². The Bertz CT molecular complexity index is 826. The van der Waals surface area contributed by atoms with E-state index in [4.69, 9.17) is 14.5 Å². The van der Waals surface area contributed by atoms with Crippen molar-refractivity contribution < 1.29 is 9.47 Å². The lowest BCUT2D eigenvalue weighted by Gasteiger charge is -2.21. The Kier molecular flexibility index (Phi) is 13.6. The van der Waals surface area contributed by atoms with Crippen molar-refractivity contribution in [2.24, 2.45) is 4.99 Å². The molecule has 1 heterocycles. The van der Waals surface area contributed by atoms with E-state index in [9.17, 15) is 0 Å². The molecule has 0 aliphatic heterocycles. The summed E-state index contributed by atoms with van der Waals surface area (Å²) < 4.78 is 11.5. The minimum absolute atomic E-state index is 0. The van der Waals surface area contributed by atoms with E-state index in [1.54, 1.807) is 18.4 Å². The maximum absolute atomic E-state index is 5.96. The van der Waals surface area contributed by atoms with E-state index in [2.05, 4.69) is 46.3 Å². The summed E-state index contributed by atoms with van der Waals surface area (Å²) in [6, 6.07) is 6.02. The van der Waals surface area contributed by atoms with E-state index in [0.717, 1.165) is 66.4 Å². The van der Waals surface area contributed by atoms with E-state index in [0.29, 0.717) is 13.2 Å². The number of aromatic nitrogens is 1. The number of methoxy groups -OCH3 is 1. The number of hydrogen-bond donors (Lipinski definition) is 1. The number of guanidine groups is 1. The largest absolute Gasteiger partial charge is 0.493 e. The van der Waals surface area contributed by atoms with Crippen LogP contribution in [-0.2, 0) is 13.1 Å². The third kappa shape index (κ3) is 9.11. The van der Waals surface area contributed by atoms with Gasteiger partial charge in [0.25, 0.3) is 0 Å². The minimum Gasteiger partial charge on any atom is -0.493 e. The highest BCUT2D eigenvalue weighted by Gasteiger charge is 2.10. The second-order valence-electron chi connectivity index (χ2n) is 7.24. The molecular formula is C23H38IN5O2S. The average Bonchev–Trinajstić information content (AvgIpc) is 3.18. The van der Waals surface area contributed by atoms with Gasteiger partial charge in [-0.25, -0.2) is 9.98 Å². The zero-order valence-corrected chi connectivity index (χ0v) is 23.3. The van der Waals surface area contributed by atoms with E-state index in [1.165, 1.54) is 0 Å². The number of halogens is 1. The number of nitrogens with zero attached hydrogens (tertiary/aromatic N) is 4. The molecule has 2 rings (SSSR count). The lowest BCUT2D eigenvalue weighted by molar-refractivity contribution is 0.217. The van der Waals surface area contributed by atoms with E-state index in [-0.39, 0.29) is 24.0 Å². The lowest BCUT2D eigenvalue weighted by atomic mass is 10.2. The molecule has 0 saturated heterocycles. The molecule has 0 fully saturated rings. The molecule has 9 heteroatoms. The first-order chi connectivity index (χ1) is 15.0. The van der Waals surface area contributed by atoms with Crippen LogP contribution in [-0.4, -0.2) is 67.7 Å². The molecule has 32 heavy (non-hydrogen) atoms. The first-order valence-corrected chi connectivity index (χ1v) is 11.8. The van der Waals surface area contributed by atoms with Crippen LogP contribution in [0.4, 0.5) is 0 Å². The quantitative estimate of drug-likeness (QED) is 0.230. The van der Waals surface area contributed by atoms with Gasteiger partial charge < -0.3 is 24.6 Å². The molecule has 0 bridgehead atoms. The Hall–Kier alpha value is -1.59. The summed E-state index contributed by atoms with van der Waals surface area (Å²) in [5, 5.41) is 6.54. The second-order valence-corrected chi connectivity index (χ2v) is 8.31. The molecule has 1 aromatic heterocycles. The van der Waals surface area contributed by atoms with Crippen molar-refractivity contribution in [3.05, 3.63) is 39.8 Å². The maximum Gasteiger partial charge on any atom is 0.194 e. The summed E-state index contributed by atoms with van der Waals surface area (Å²) in [4.78, 5) is 13.8. The third-order valence-corrected chi connectivity index (χ3v) is 5.78. The van der Waals surface area contributed by atoms with Crippen LogP contribution in [0.3, 0.4) is 0 Å². The molecule has 0 spiro atoms. The number of hydrogen-bond acceptors (Lipinski definition) is 6. The van der Waals surface area contributed by atoms with Crippen LogP contribution in [0.15, 0.2) is 28.6 Å². The number of nitrogens with one attached hydrogen (secondary N) is 1. The third-order valence-electron chi connectivity index (χ3n) is 4.96. The minimum atomic E-state index is 0. The van der Waals surface area contributed by atoms with Gasteiger partial charge in [-0.15, -0.1) is 35.3 Å². The van der Waals surface area contributed by atoms with Crippen LogP contribution < -0.4 is 14.8 Å². The summed E-state index contributed by atoms with van der Waals surface area (Å²) in [5.41, 5.74) is 2.13. The number of thiazole rings is 1. The maximum atomic E-state index is 5.96. The van der Waals surface area contributed by atoms with Gasteiger partial charge in [0.1, 0.15) is 6.61 Å². The van der Waals surface area contributed by atoms with Gasteiger partial charge in [0.2, 0.25) is 0 Å². The molecule has 2 aromatic rings. The van der Waals surface area contributed by atoms with Crippen molar-refractivity contribution >= 4 is 41.3 Å². The standard InChI is InChI=1S/C23H37N5O2S.HI/c1-7-24-23(27(5)16-20-17-31-18(4)26-20)25-15-19-10-11-21(22(14-19)29-6)30-13-12-28(8-2)9-3;/h10-11,14,17H,7-9,12-13,15-16H2,1-6H3,(H,24,25);1H. The Morgan fingerprint density at radius 2 is 1.94 bits per heavy atom. The van der Waals surface area contributed by atoms with Crippen molar-refractivity contribution in [3.63, 3.8) is 0 Å². The predicted molar refractivity (Wildman–Crippen MR) is 145 cm³/mol. The molecule has 0 aliphatic rings. The Morgan fingerprint density at radius 1 is 1.19 bits per heavy atom. The number of likely N-dealkylation sites (N-methyl/N-ethyl adjacent to an activating group) is 1. The zero-order chi connectivity index (χ0) is 22.6. The zero-order valence-electron chi connectivity index (χ0n) is 20.2. The summed E-state index contributed by atoms with van der Waals surface area (Å²) in [7, 11) is 3.71. The van der Waals surface area contributed by atoms with Gasteiger partial charge in [-0.2, -0.15) is 0 Å². The summed E-state index contributed by atoms with van der Waals surface area (Å²) in [6.07, 6.45) is 0. The molecule has 0 saturated carbocycles. The lowest BCUT2D eigenvalue weighted by Crippen LogP contribution is -2.38. The fraction of sp³-hybridized carbons (Fsp3) is 0.565. The topological polar surface area (TPSA) is 62.2 Å². The molecule has 0 atom stereocenters. The van der Waals surface area contributed by atoms with Crippen LogP contribution in [0.25, 0.3) is 0 Å². The van der Waals surface area contributed by atoms with Gasteiger partial charge in [-0.1, -0.05) is 19.9 Å². The molecule has 1 aromatic carbocycles. The smallest absolute Gasteiger partial charge is 0.194 e. The van der Waals surface area contributed by atoms with Gasteiger partial charge in [0.15, 0.2) is 17.5 Å². The molecule has 0 unspecified atom stereocenters. The molecule has 180 valence electrons. The summed E-state index contributed by atoms with van der Waals surface area (Å²) in [6.45, 7) is 14.1. The molecule has 0 radical (unpaired) electrons. The van der Waals surface area contributed by atoms with Crippen LogP contribution in [0, 0.1) is 6.92 Å². The average molecular weight is 576 g/mol. The highest BCUT2D eigenvalue weighted by molar-refractivity contribution is 14.0. The monoisotopic (exact) mass is 575 g/mol. The van der Waals surface area contributed by atoms with Crippen molar-refractivity contribution in [2.45, 2.75) is 40.8 Å². The molecule has 0 aliphatic carbocycles. The SMILES string of the molecule is CCNC(=NCc1ccc(OCCN(CC)CC)c(OC)c1)N(C)Cc1csc(C)n1.I.